The van der Waals surface area contributed by atoms with Crippen molar-refractivity contribution in [2.75, 3.05) is 13.1 Å². The minimum absolute atomic E-state index is 0.0205. The summed E-state index contributed by atoms with van der Waals surface area (Å²) >= 11 is 0. The number of carboxylic acids is 1. The minimum atomic E-state index is -0.854. The van der Waals surface area contributed by atoms with Crippen LogP contribution in [0.2, 0.25) is 0 Å². The van der Waals surface area contributed by atoms with Gasteiger partial charge in [0.05, 0.1) is 0 Å². The smallest absolute Gasteiger partial charge is 0.325 e. The molecule has 1 aromatic heterocycles. The Balaban J connectivity index is 1.16. The van der Waals surface area contributed by atoms with Crippen molar-refractivity contribution in [3.63, 3.8) is 0 Å². The molecule has 5 heteroatoms. The van der Waals surface area contributed by atoms with Crippen molar-refractivity contribution in [3.8, 4) is 0 Å². The highest BCUT2D eigenvalue weighted by Gasteiger charge is 2.39. The highest BCUT2D eigenvalue weighted by Crippen LogP contribution is 2.30. The maximum absolute atomic E-state index is 12.5. The molecule has 2 aliphatic rings. The van der Waals surface area contributed by atoms with Crippen molar-refractivity contribution in [2.24, 2.45) is 5.92 Å². The topological polar surface area (TPSA) is 70.5 Å². The zero-order chi connectivity index (χ0) is 21.6. The molecule has 2 heterocycles. The summed E-state index contributed by atoms with van der Waals surface area (Å²) in [4.78, 5) is 31.0. The lowest BCUT2D eigenvalue weighted by atomic mass is 9.89. The van der Waals surface area contributed by atoms with Crippen LogP contribution in [0.5, 0.6) is 0 Å². The molecule has 2 aromatic rings. The van der Waals surface area contributed by atoms with Gasteiger partial charge in [0.15, 0.2) is 0 Å². The second-order valence-electron chi connectivity index (χ2n) is 8.94. The third-order valence-electron chi connectivity index (χ3n) is 6.67. The van der Waals surface area contributed by atoms with Gasteiger partial charge in [-0.3, -0.25) is 19.5 Å². The number of fused-ring (bicyclic) bond motifs is 1. The van der Waals surface area contributed by atoms with Crippen molar-refractivity contribution < 1.29 is 14.7 Å². The number of aromatic nitrogens is 1. The molecule has 0 bridgehead atoms. The Labute approximate surface area is 184 Å². The van der Waals surface area contributed by atoms with Crippen LogP contribution < -0.4 is 0 Å². The maximum atomic E-state index is 12.5. The van der Waals surface area contributed by atoms with Crippen LogP contribution in [0.15, 0.2) is 42.5 Å². The van der Waals surface area contributed by atoms with Crippen LogP contribution in [0.1, 0.15) is 67.1 Å². The predicted octanol–water partition coefficient (Wildman–Crippen LogP) is 4.39. The number of pyridine rings is 1. The van der Waals surface area contributed by atoms with Crippen LogP contribution in [0.3, 0.4) is 0 Å². The second-order valence-corrected chi connectivity index (χ2v) is 8.94. The molecule has 1 aliphatic carbocycles. The molecular weight excluding hydrogens is 388 g/mol. The Morgan fingerprint density at radius 1 is 1.00 bits per heavy atom. The Bertz CT molecular complexity index is 906. The summed E-state index contributed by atoms with van der Waals surface area (Å²) in [6.07, 6.45) is 9.39. The van der Waals surface area contributed by atoms with Gasteiger partial charge in [-0.2, -0.15) is 0 Å². The number of unbranched alkanes of at least 4 members (excludes halogenated alkanes) is 2. The number of rotatable bonds is 10. The van der Waals surface area contributed by atoms with Crippen molar-refractivity contribution in [3.05, 3.63) is 65.0 Å². The van der Waals surface area contributed by atoms with Crippen LogP contribution in [0.25, 0.3) is 0 Å². The molecule has 1 N–H and O–H groups in total. The first-order valence-corrected chi connectivity index (χ1v) is 11.6. The van der Waals surface area contributed by atoms with Crippen LogP contribution in [0.4, 0.5) is 0 Å². The van der Waals surface area contributed by atoms with Gasteiger partial charge >= 0.3 is 5.97 Å². The van der Waals surface area contributed by atoms with E-state index in [0.717, 1.165) is 37.7 Å². The van der Waals surface area contributed by atoms with E-state index in [9.17, 15) is 14.7 Å². The number of nitrogens with zero attached hydrogens (tertiary/aromatic N) is 2. The van der Waals surface area contributed by atoms with Crippen molar-refractivity contribution in [1.82, 2.24) is 9.88 Å². The fourth-order valence-corrected chi connectivity index (χ4v) is 4.82. The fourth-order valence-electron chi connectivity index (χ4n) is 4.82. The zero-order valence-electron chi connectivity index (χ0n) is 18.1. The largest absolute Gasteiger partial charge is 0.480 e. The van der Waals surface area contributed by atoms with E-state index < -0.39 is 12.0 Å². The first kappa shape index (κ1) is 21.7. The lowest BCUT2D eigenvalue weighted by Crippen LogP contribution is -2.53. The first-order chi connectivity index (χ1) is 15.1. The lowest BCUT2D eigenvalue weighted by Gasteiger charge is -2.42. The normalized spacial score (nSPS) is 17.5. The quantitative estimate of drug-likeness (QED) is 0.577. The molecule has 31 heavy (non-hydrogen) atoms. The summed E-state index contributed by atoms with van der Waals surface area (Å²) < 4.78 is 0. The van der Waals surface area contributed by atoms with Gasteiger partial charge in [-0.15, -0.1) is 0 Å². The molecule has 0 spiro atoms. The highest BCUT2D eigenvalue weighted by molar-refractivity contribution is 5.83. The van der Waals surface area contributed by atoms with E-state index in [1.807, 2.05) is 35.2 Å². The molecule has 1 aromatic carbocycles. The van der Waals surface area contributed by atoms with Gasteiger partial charge in [0.2, 0.25) is 0 Å². The average Bonchev–Trinajstić information content (AvgIpc) is 2.75. The molecule has 1 atom stereocenters. The van der Waals surface area contributed by atoms with E-state index in [4.69, 9.17) is 4.98 Å². The number of aliphatic carboxylic acids is 1. The molecule has 5 nitrogen and oxygen atoms in total. The number of carbonyl (C=O) groups excluding carboxylic acids is 1. The Morgan fingerprint density at radius 3 is 2.55 bits per heavy atom. The number of hydrogen-bond donors (Lipinski definition) is 1. The van der Waals surface area contributed by atoms with Crippen molar-refractivity contribution in [1.29, 1.82) is 0 Å². The molecular formula is C26H32N2O3. The highest BCUT2D eigenvalue weighted by atomic mass is 16.4. The molecule has 0 radical (unpaired) electrons. The molecule has 0 amide bonds. The number of likely N-dealkylation sites (tertiary alicyclic amines) is 1. The van der Waals surface area contributed by atoms with Gasteiger partial charge < -0.3 is 5.11 Å². The Kier molecular flexibility index (Phi) is 7.13. The SMILES string of the molecule is O=C(CCCCCc1ccc2c(n1)CCCC2)C1CN(C(C(=O)O)c2ccccc2)C1. The molecule has 164 valence electrons. The number of carbonyl (C=O) groups is 2. The number of ketones is 1. The number of carboxylic acid groups (broad SMARTS) is 1. The van der Waals surface area contributed by atoms with Crippen LogP contribution >= 0.6 is 0 Å². The Hall–Kier alpha value is -2.53. The van der Waals surface area contributed by atoms with Gasteiger partial charge in [-0.25, -0.2) is 0 Å². The summed E-state index contributed by atoms with van der Waals surface area (Å²) in [6.45, 7) is 1.09. The van der Waals surface area contributed by atoms with Crippen molar-refractivity contribution in [2.45, 2.75) is 63.8 Å². The summed E-state index contributed by atoms with van der Waals surface area (Å²) in [5, 5.41) is 9.62. The number of aryl methyl sites for hydroxylation is 3. The summed E-state index contributed by atoms with van der Waals surface area (Å²) in [5.74, 6) is -0.596. The van der Waals surface area contributed by atoms with Gasteiger partial charge in [-0.05, 0) is 62.1 Å². The molecule has 1 aliphatic heterocycles. The first-order valence-electron chi connectivity index (χ1n) is 11.6. The molecule has 0 saturated carbocycles. The third kappa shape index (κ3) is 5.40. The van der Waals surface area contributed by atoms with E-state index in [0.29, 0.717) is 19.5 Å². The molecule has 1 saturated heterocycles. The van der Waals surface area contributed by atoms with E-state index in [2.05, 4.69) is 12.1 Å². The number of Topliss-reactive ketones (excluding diaryl/α,β-unsaturated/α-hetero) is 1. The zero-order valence-corrected chi connectivity index (χ0v) is 18.1. The second kappa shape index (κ2) is 10.2. The lowest BCUT2D eigenvalue weighted by molar-refractivity contribution is -0.149. The van der Waals surface area contributed by atoms with E-state index >= 15 is 0 Å². The van der Waals surface area contributed by atoms with Crippen LogP contribution in [0, 0.1) is 5.92 Å². The van der Waals surface area contributed by atoms with Gasteiger partial charge in [0.25, 0.3) is 0 Å². The van der Waals surface area contributed by atoms with E-state index in [1.165, 1.54) is 36.2 Å². The third-order valence-corrected chi connectivity index (χ3v) is 6.67. The van der Waals surface area contributed by atoms with Gasteiger partial charge in [0, 0.05) is 36.8 Å². The van der Waals surface area contributed by atoms with E-state index in [1.54, 1.807) is 0 Å². The fraction of sp³-hybridized carbons (Fsp3) is 0.500. The Morgan fingerprint density at radius 2 is 1.77 bits per heavy atom. The minimum Gasteiger partial charge on any atom is -0.480 e. The van der Waals surface area contributed by atoms with Crippen molar-refractivity contribution >= 4 is 11.8 Å². The molecule has 4 rings (SSSR count). The standard InChI is InChI=1S/C26H32N2O3/c29-24(21-17-28(18-21)25(26(30)31)20-10-3-1-4-11-20)14-6-2-5-12-22-16-15-19-9-7-8-13-23(19)27-22/h1,3-4,10-11,15-16,21,25H,2,5-9,12-14,17-18H2,(H,30,31). The monoisotopic (exact) mass is 420 g/mol. The van der Waals surface area contributed by atoms with E-state index in [-0.39, 0.29) is 11.7 Å². The number of hydrogen-bond acceptors (Lipinski definition) is 4. The average molecular weight is 421 g/mol. The number of benzene rings is 1. The van der Waals surface area contributed by atoms with Crippen LogP contribution in [-0.2, 0) is 28.9 Å². The van der Waals surface area contributed by atoms with Crippen LogP contribution in [-0.4, -0.2) is 39.8 Å². The molecule has 1 fully saturated rings. The maximum Gasteiger partial charge on any atom is 0.325 e. The summed E-state index contributed by atoms with van der Waals surface area (Å²) in [5.41, 5.74) is 4.68. The predicted molar refractivity (Wildman–Crippen MR) is 120 cm³/mol. The summed E-state index contributed by atoms with van der Waals surface area (Å²) in [7, 11) is 0. The molecule has 1 unspecified atom stereocenters. The van der Waals surface area contributed by atoms with Gasteiger partial charge in [0.1, 0.15) is 11.8 Å². The van der Waals surface area contributed by atoms with Gasteiger partial charge in [-0.1, -0.05) is 42.8 Å². The summed E-state index contributed by atoms with van der Waals surface area (Å²) in [6, 6.07) is 13.0.